The molecule has 6 nitrogen and oxygen atoms in total. The summed E-state index contributed by atoms with van der Waals surface area (Å²) in [5.74, 6) is 2.86. The van der Waals surface area contributed by atoms with Gasteiger partial charge in [-0.05, 0) is 36.0 Å². The topological polar surface area (TPSA) is 67.7 Å². The molecule has 1 N–H and O–H groups in total. The van der Waals surface area contributed by atoms with Gasteiger partial charge in [-0.1, -0.05) is 91.0 Å². The molecule has 0 amide bonds. The summed E-state index contributed by atoms with van der Waals surface area (Å²) in [6, 6.07) is 34.0. The molecule has 4 aromatic carbocycles. The SMILES string of the molecule is COc1cc2nc(-c3ccccc3)nc(N3CCC(C(O)(c4ccccc4)c4ccccc4)CC3)c2cc1OC. The molecule has 0 unspecified atom stereocenters. The molecule has 0 atom stereocenters. The van der Waals surface area contributed by atoms with Crippen molar-refractivity contribution in [1.29, 1.82) is 0 Å². The highest BCUT2D eigenvalue weighted by atomic mass is 16.5. The van der Waals surface area contributed by atoms with Crippen molar-refractivity contribution in [2.75, 3.05) is 32.2 Å². The van der Waals surface area contributed by atoms with E-state index < -0.39 is 5.60 Å². The van der Waals surface area contributed by atoms with E-state index in [1.54, 1.807) is 14.2 Å². The fraction of sp³-hybridized carbons (Fsp3) is 0.235. The molecule has 0 radical (unpaired) electrons. The van der Waals surface area contributed by atoms with E-state index in [4.69, 9.17) is 19.4 Å². The Morgan fingerprint density at radius 1 is 0.725 bits per heavy atom. The first kappa shape index (κ1) is 25.8. The van der Waals surface area contributed by atoms with Crippen LogP contribution in [0.3, 0.4) is 0 Å². The summed E-state index contributed by atoms with van der Waals surface area (Å²) in [6.07, 6.45) is 1.61. The number of aliphatic hydroxyl groups is 1. The fourth-order valence-corrected chi connectivity index (χ4v) is 5.93. The average Bonchev–Trinajstić information content (AvgIpc) is 3.04. The third kappa shape index (κ3) is 4.65. The molecule has 6 rings (SSSR count). The van der Waals surface area contributed by atoms with Gasteiger partial charge < -0.3 is 19.5 Å². The summed E-state index contributed by atoms with van der Waals surface area (Å²) >= 11 is 0. The number of methoxy groups -OCH3 is 2. The second-order valence-corrected chi connectivity index (χ2v) is 10.2. The van der Waals surface area contributed by atoms with Crippen molar-refractivity contribution in [2.24, 2.45) is 5.92 Å². The van der Waals surface area contributed by atoms with Gasteiger partial charge in [-0.15, -0.1) is 0 Å². The molecule has 0 aliphatic carbocycles. The predicted octanol–water partition coefficient (Wildman–Crippen LogP) is 6.47. The first-order chi connectivity index (χ1) is 19.6. The van der Waals surface area contributed by atoms with Crippen LogP contribution in [-0.2, 0) is 5.60 Å². The van der Waals surface area contributed by atoms with Crippen LogP contribution < -0.4 is 14.4 Å². The maximum atomic E-state index is 12.4. The van der Waals surface area contributed by atoms with Gasteiger partial charge in [0.2, 0.25) is 0 Å². The van der Waals surface area contributed by atoms with Crippen LogP contribution in [0.1, 0.15) is 24.0 Å². The van der Waals surface area contributed by atoms with Crippen molar-refractivity contribution < 1.29 is 14.6 Å². The Hall–Kier alpha value is -4.42. The summed E-state index contributed by atoms with van der Waals surface area (Å²) in [6.45, 7) is 1.50. The Labute approximate surface area is 234 Å². The molecule has 2 heterocycles. The van der Waals surface area contributed by atoms with Crippen LogP contribution in [0.25, 0.3) is 22.3 Å². The summed E-state index contributed by atoms with van der Waals surface area (Å²) in [7, 11) is 3.28. The highest BCUT2D eigenvalue weighted by Crippen LogP contribution is 2.43. The monoisotopic (exact) mass is 531 g/mol. The summed E-state index contributed by atoms with van der Waals surface area (Å²) in [5, 5.41) is 13.3. The molecule has 6 heteroatoms. The Morgan fingerprint density at radius 3 is 1.80 bits per heavy atom. The zero-order valence-electron chi connectivity index (χ0n) is 22.8. The summed E-state index contributed by atoms with van der Waals surface area (Å²) in [5.41, 5.74) is 2.53. The first-order valence-electron chi connectivity index (χ1n) is 13.7. The standard InChI is InChI=1S/C34H33N3O3/c1-39-30-22-28-29(23-31(30)40-2)35-32(24-12-6-3-7-13-24)36-33(28)37-20-18-27(19-21-37)34(38,25-14-8-4-9-15-25)26-16-10-5-11-17-26/h3-17,22-23,27,38H,18-21H2,1-2H3. The zero-order chi connectivity index (χ0) is 27.5. The van der Waals surface area contributed by atoms with E-state index in [0.717, 1.165) is 59.3 Å². The molecular formula is C34H33N3O3. The number of fused-ring (bicyclic) bond motifs is 1. The Morgan fingerprint density at radius 2 is 1.25 bits per heavy atom. The first-order valence-corrected chi connectivity index (χ1v) is 13.7. The molecule has 1 aromatic heterocycles. The molecule has 1 fully saturated rings. The van der Waals surface area contributed by atoms with Gasteiger partial charge in [-0.3, -0.25) is 0 Å². The van der Waals surface area contributed by atoms with E-state index in [1.165, 1.54) is 0 Å². The van der Waals surface area contributed by atoms with E-state index in [-0.39, 0.29) is 5.92 Å². The van der Waals surface area contributed by atoms with Crippen molar-refractivity contribution in [1.82, 2.24) is 9.97 Å². The van der Waals surface area contributed by atoms with Crippen LogP contribution in [-0.4, -0.2) is 42.4 Å². The third-order valence-electron chi connectivity index (χ3n) is 8.03. The van der Waals surface area contributed by atoms with Gasteiger partial charge in [0.15, 0.2) is 17.3 Å². The van der Waals surface area contributed by atoms with Crippen molar-refractivity contribution in [3.63, 3.8) is 0 Å². The molecule has 0 bridgehead atoms. The molecule has 1 saturated heterocycles. The number of anilines is 1. The average molecular weight is 532 g/mol. The van der Waals surface area contributed by atoms with Gasteiger partial charge in [0.05, 0.1) is 19.7 Å². The van der Waals surface area contributed by atoms with Crippen LogP contribution in [0.4, 0.5) is 5.82 Å². The van der Waals surface area contributed by atoms with Crippen LogP contribution >= 0.6 is 0 Å². The van der Waals surface area contributed by atoms with E-state index in [1.807, 2.05) is 103 Å². The molecule has 40 heavy (non-hydrogen) atoms. The van der Waals surface area contributed by atoms with Crippen molar-refractivity contribution >= 4 is 16.7 Å². The number of benzene rings is 4. The minimum Gasteiger partial charge on any atom is -0.493 e. The summed E-state index contributed by atoms with van der Waals surface area (Å²) < 4.78 is 11.2. The number of hydrogen-bond acceptors (Lipinski definition) is 6. The smallest absolute Gasteiger partial charge is 0.162 e. The second kappa shape index (κ2) is 11.0. The van der Waals surface area contributed by atoms with Crippen molar-refractivity contribution in [3.05, 3.63) is 114 Å². The lowest BCUT2D eigenvalue weighted by Crippen LogP contribution is -2.44. The number of hydrogen-bond donors (Lipinski definition) is 1. The maximum Gasteiger partial charge on any atom is 0.162 e. The quantitative estimate of drug-likeness (QED) is 0.260. The zero-order valence-corrected chi connectivity index (χ0v) is 22.8. The van der Waals surface area contributed by atoms with E-state index in [2.05, 4.69) is 4.90 Å². The largest absolute Gasteiger partial charge is 0.493 e. The number of piperidine rings is 1. The maximum absolute atomic E-state index is 12.4. The van der Waals surface area contributed by atoms with Gasteiger partial charge in [0, 0.05) is 30.1 Å². The van der Waals surface area contributed by atoms with Crippen LogP contribution in [0.5, 0.6) is 11.5 Å². The normalized spacial score (nSPS) is 14.3. The van der Waals surface area contributed by atoms with Gasteiger partial charge in [0.25, 0.3) is 0 Å². The van der Waals surface area contributed by atoms with Gasteiger partial charge in [0.1, 0.15) is 11.4 Å². The van der Waals surface area contributed by atoms with Gasteiger partial charge >= 0.3 is 0 Å². The molecule has 0 saturated carbocycles. The van der Waals surface area contributed by atoms with Crippen molar-refractivity contribution in [3.8, 4) is 22.9 Å². The Bertz CT molecular complexity index is 1550. The van der Waals surface area contributed by atoms with E-state index in [0.29, 0.717) is 17.3 Å². The Balaban J connectivity index is 1.39. The number of ether oxygens (including phenoxy) is 2. The van der Waals surface area contributed by atoms with Crippen molar-refractivity contribution in [2.45, 2.75) is 18.4 Å². The highest BCUT2D eigenvalue weighted by molar-refractivity contribution is 5.93. The minimum atomic E-state index is -1.08. The molecule has 1 aliphatic rings. The number of aromatic nitrogens is 2. The Kier molecular flexibility index (Phi) is 7.10. The molecule has 0 spiro atoms. The summed E-state index contributed by atoms with van der Waals surface area (Å²) in [4.78, 5) is 12.3. The lowest BCUT2D eigenvalue weighted by atomic mass is 9.72. The van der Waals surface area contributed by atoms with Crippen LogP contribution in [0.15, 0.2) is 103 Å². The molecule has 202 valence electrons. The highest BCUT2D eigenvalue weighted by Gasteiger charge is 2.42. The van der Waals surface area contributed by atoms with Crippen LogP contribution in [0, 0.1) is 5.92 Å². The lowest BCUT2D eigenvalue weighted by molar-refractivity contribution is 0.00502. The number of rotatable bonds is 7. The molecular weight excluding hydrogens is 498 g/mol. The third-order valence-corrected chi connectivity index (χ3v) is 8.03. The minimum absolute atomic E-state index is 0.0462. The number of nitrogens with zero attached hydrogens (tertiary/aromatic N) is 3. The van der Waals surface area contributed by atoms with Gasteiger partial charge in [-0.25, -0.2) is 9.97 Å². The van der Waals surface area contributed by atoms with Crippen LogP contribution in [0.2, 0.25) is 0 Å². The predicted molar refractivity (Wildman–Crippen MR) is 159 cm³/mol. The fourth-order valence-electron chi connectivity index (χ4n) is 5.93. The van der Waals surface area contributed by atoms with E-state index >= 15 is 0 Å². The van der Waals surface area contributed by atoms with Gasteiger partial charge in [-0.2, -0.15) is 0 Å². The molecule has 1 aliphatic heterocycles. The molecule has 5 aromatic rings. The lowest BCUT2D eigenvalue weighted by Gasteiger charge is -2.42. The second-order valence-electron chi connectivity index (χ2n) is 10.2. The van der Waals surface area contributed by atoms with E-state index in [9.17, 15) is 5.11 Å².